The molecule has 8 heteroatoms. The first-order valence-electron chi connectivity index (χ1n) is 9.73. The number of imidazole rings is 1. The Bertz CT molecular complexity index is 962. The number of guanidine groups is 1. The summed E-state index contributed by atoms with van der Waals surface area (Å²) >= 11 is 0. The van der Waals surface area contributed by atoms with Crippen molar-refractivity contribution in [2.24, 2.45) is 4.99 Å². The standard InChI is InChI=1S/C21H24F2N6/c1-24-21(25-10-8-15-13-28-11-3-2-7-19(28)26-15)27-16-9-12-29(14-16)20-17(22)5-4-6-18(20)23/h2-7,11,13,16H,8-10,12,14H2,1H3,(H2,24,25,27). The van der Waals surface area contributed by atoms with E-state index < -0.39 is 11.6 Å². The molecule has 4 rings (SSSR count). The van der Waals surface area contributed by atoms with Gasteiger partial charge in [-0.2, -0.15) is 0 Å². The van der Waals surface area contributed by atoms with E-state index in [0.717, 1.165) is 24.2 Å². The molecule has 0 saturated carbocycles. The number of fused-ring (bicyclic) bond motifs is 1. The minimum Gasteiger partial charge on any atom is -0.365 e. The highest BCUT2D eigenvalue weighted by atomic mass is 19.1. The smallest absolute Gasteiger partial charge is 0.191 e. The summed E-state index contributed by atoms with van der Waals surface area (Å²) < 4.78 is 30.0. The maximum absolute atomic E-state index is 14.0. The molecule has 1 fully saturated rings. The average Bonchev–Trinajstić information content (AvgIpc) is 3.33. The maximum atomic E-state index is 14.0. The summed E-state index contributed by atoms with van der Waals surface area (Å²) in [6, 6.07) is 9.94. The molecule has 6 nitrogen and oxygen atoms in total. The van der Waals surface area contributed by atoms with Gasteiger partial charge >= 0.3 is 0 Å². The number of halogens is 2. The lowest BCUT2D eigenvalue weighted by Gasteiger charge is -2.21. The van der Waals surface area contributed by atoms with E-state index >= 15 is 0 Å². The average molecular weight is 398 g/mol. The van der Waals surface area contributed by atoms with E-state index in [1.165, 1.54) is 18.2 Å². The van der Waals surface area contributed by atoms with Crippen LogP contribution in [0.25, 0.3) is 5.65 Å². The molecular weight excluding hydrogens is 374 g/mol. The Morgan fingerprint density at radius 1 is 1.21 bits per heavy atom. The second-order valence-corrected chi connectivity index (χ2v) is 7.09. The van der Waals surface area contributed by atoms with Crippen molar-refractivity contribution in [1.29, 1.82) is 0 Å². The van der Waals surface area contributed by atoms with Gasteiger partial charge in [0.15, 0.2) is 5.96 Å². The quantitative estimate of drug-likeness (QED) is 0.512. The van der Waals surface area contributed by atoms with Gasteiger partial charge in [0.1, 0.15) is 23.0 Å². The van der Waals surface area contributed by atoms with Crippen molar-refractivity contribution in [1.82, 2.24) is 20.0 Å². The fourth-order valence-electron chi connectivity index (χ4n) is 3.68. The SMILES string of the molecule is CN=C(NCCc1cn2ccccc2n1)NC1CCN(c2c(F)cccc2F)C1. The van der Waals surface area contributed by atoms with E-state index in [4.69, 9.17) is 0 Å². The largest absolute Gasteiger partial charge is 0.365 e. The molecule has 1 aromatic carbocycles. The van der Waals surface area contributed by atoms with E-state index in [-0.39, 0.29) is 11.7 Å². The van der Waals surface area contributed by atoms with Crippen molar-refractivity contribution in [3.63, 3.8) is 0 Å². The molecule has 29 heavy (non-hydrogen) atoms. The van der Waals surface area contributed by atoms with Gasteiger partial charge in [0.05, 0.1) is 5.69 Å². The summed E-state index contributed by atoms with van der Waals surface area (Å²) in [6.45, 7) is 1.79. The van der Waals surface area contributed by atoms with Crippen LogP contribution in [0.1, 0.15) is 12.1 Å². The summed E-state index contributed by atoms with van der Waals surface area (Å²) in [4.78, 5) is 10.6. The summed E-state index contributed by atoms with van der Waals surface area (Å²) in [7, 11) is 1.71. The van der Waals surface area contributed by atoms with Gasteiger partial charge in [-0.1, -0.05) is 12.1 Å². The van der Waals surface area contributed by atoms with Crippen molar-refractivity contribution in [3.05, 3.63) is 66.1 Å². The molecular formula is C21H24F2N6. The lowest BCUT2D eigenvalue weighted by atomic mass is 10.2. The number of para-hydroxylation sites is 1. The maximum Gasteiger partial charge on any atom is 0.191 e. The van der Waals surface area contributed by atoms with Crippen LogP contribution in [-0.4, -0.2) is 48.1 Å². The molecule has 0 radical (unpaired) electrons. The van der Waals surface area contributed by atoms with Gasteiger partial charge in [0.25, 0.3) is 0 Å². The highest BCUT2D eigenvalue weighted by molar-refractivity contribution is 5.80. The lowest BCUT2D eigenvalue weighted by Crippen LogP contribution is -2.45. The first kappa shape index (κ1) is 19.2. The normalized spacial score (nSPS) is 17.1. The van der Waals surface area contributed by atoms with Crippen LogP contribution in [0.4, 0.5) is 14.5 Å². The summed E-state index contributed by atoms with van der Waals surface area (Å²) in [6.07, 6.45) is 5.54. The highest BCUT2D eigenvalue weighted by Crippen LogP contribution is 2.26. The van der Waals surface area contributed by atoms with E-state index in [0.29, 0.717) is 25.6 Å². The molecule has 0 amide bonds. The molecule has 2 aromatic heterocycles. The Morgan fingerprint density at radius 3 is 2.79 bits per heavy atom. The molecule has 1 unspecified atom stereocenters. The number of nitrogens with zero attached hydrogens (tertiary/aromatic N) is 4. The Balaban J connectivity index is 1.29. The molecule has 0 aliphatic carbocycles. The number of benzene rings is 1. The van der Waals surface area contributed by atoms with Crippen LogP contribution in [0.5, 0.6) is 0 Å². The topological polar surface area (TPSA) is 57.0 Å². The van der Waals surface area contributed by atoms with E-state index in [9.17, 15) is 8.78 Å². The van der Waals surface area contributed by atoms with Crippen LogP contribution in [0, 0.1) is 11.6 Å². The van der Waals surface area contributed by atoms with Crippen LogP contribution >= 0.6 is 0 Å². The van der Waals surface area contributed by atoms with Crippen molar-refractivity contribution in [2.75, 3.05) is 31.6 Å². The van der Waals surface area contributed by atoms with Crippen molar-refractivity contribution >= 4 is 17.3 Å². The van der Waals surface area contributed by atoms with Gasteiger partial charge in [0.2, 0.25) is 0 Å². The predicted molar refractivity (Wildman–Crippen MR) is 110 cm³/mol. The van der Waals surface area contributed by atoms with Crippen LogP contribution in [-0.2, 0) is 6.42 Å². The van der Waals surface area contributed by atoms with Crippen molar-refractivity contribution < 1.29 is 8.78 Å². The zero-order valence-corrected chi connectivity index (χ0v) is 16.3. The van der Waals surface area contributed by atoms with E-state index in [1.807, 2.05) is 35.0 Å². The third-order valence-corrected chi connectivity index (χ3v) is 5.09. The monoisotopic (exact) mass is 398 g/mol. The van der Waals surface area contributed by atoms with Gasteiger partial charge in [-0.15, -0.1) is 0 Å². The summed E-state index contributed by atoms with van der Waals surface area (Å²) in [5, 5.41) is 6.63. The molecule has 0 spiro atoms. The first-order valence-corrected chi connectivity index (χ1v) is 9.73. The van der Waals surface area contributed by atoms with E-state index in [1.54, 1.807) is 11.9 Å². The zero-order valence-electron chi connectivity index (χ0n) is 16.3. The van der Waals surface area contributed by atoms with Crippen LogP contribution < -0.4 is 15.5 Å². The molecule has 1 aliphatic rings. The van der Waals surface area contributed by atoms with Crippen molar-refractivity contribution in [2.45, 2.75) is 18.9 Å². The van der Waals surface area contributed by atoms with Crippen molar-refractivity contribution in [3.8, 4) is 0 Å². The summed E-state index contributed by atoms with van der Waals surface area (Å²) in [5.74, 6) is -0.379. The van der Waals surface area contributed by atoms with Crippen LogP contribution in [0.3, 0.4) is 0 Å². The molecule has 3 heterocycles. The van der Waals surface area contributed by atoms with Gasteiger partial charge in [0, 0.05) is 51.5 Å². The number of hydrogen-bond donors (Lipinski definition) is 2. The fraction of sp³-hybridized carbons (Fsp3) is 0.333. The molecule has 2 N–H and O–H groups in total. The number of anilines is 1. The minimum absolute atomic E-state index is 0.0478. The number of aliphatic imine (C=N–C) groups is 1. The minimum atomic E-state index is -0.527. The van der Waals surface area contributed by atoms with Gasteiger partial charge in [-0.05, 0) is 30.7 Å². The van der Waals surface area contributed by atoms with Gasteiger partial charge in [-0.3, -0.25) is 4.99 Å². The number of pyridine rings is 1. The molecule has 152 valence electrons. The number of rotatable bonds is 5. The Labute approximate surface area is 168 Å². The second-order valence-electron chi connectivity index (χ2n) is 7.09. The summed E-state index contributed by atoms with van der Waals surface area (Å²) in [5.41, 5.74) is 1.98. The first-order chi connectivity index (χ1) is 14.1. The zero-order chi connectivity index (χ0) is 20.2. The van der Waals surface area contributed by atoms with Crippen LogP contribution in [0.2, 0.25) is 0 Å². The number of aromatic nitrogens is 2. The molecule has 1 saturated heterocycles. The van der Waals surface area contributed by atoms with Crippen LogP contribution in [0.15, 0.2) is 53.8 Å². The Hall–Kier alpha value is -3.16. The molecule has 1 atom stereocenters. The Kier molecular flexibility index (Phi) is 5.59. The second kappa shape index (κ2) is 8.46. The van der Waals surface area contributed by atoms with Gasteiger partial charge < -0.3 is 19.9 Å². The van der Waals surface area contributed by atoms with E-state index in [2.05, 4.69) is 20.6 Å². The lowest BCUT2D eigenvalue weighted by molar-refractivity contribution is 0.576. The fourth-order valence-corrected chi connectivity index (χ4v) is 3.68. The number of nitrogens with one attached hydrogen (secondary N) is 2. The Morgan fingerprint density at radius 2 is 2.03 bits per heavy atom. The molecule has 0 bridgehead atoms. The predicted octanol–water partition coefficient (Wildman–Crippen LogP) is 2.60. The highest BCUT2D eigenvalue weighted by Gasteiger charge is 2.27. The number of hydrogen-bond acceptors (Lipinski definition) is 3. The molecule has 1 aliphatic heterocycles. The third-order valence-electron chi connectivity index (χ3n) is 5.09. The third kappa shape index (κ3) is 4.31. The molecule has 3 aromatic rings. The van der Waals surface area contributed by atoms with Gasteiger partial charge in [-0.25, -0.2) is 13.8 Å².